The van der Waals surface area contributed by atoms with Crippen molar-refractivity contribution in [3.63, 3.8) is 0 Å². The summed E-state index contributed by atoms with van der Waals surface area (Å²) in [5.41, 5.74) is 1.53. The lowest BCUT2D eigenvalue weighted by molar-refractivity contribution is 0.0890. The first-order chi connectivity index (χ1) is 14.1. The van der Waals surface area contributed by atoms with E-state index in [4.69, 9.17) is 4.52 Å². The number of halogens is 2. The molecule has 1 aromatic carbocycles. The SMILES string of the molecule is O=C(NC1CCCCC1)c1cc([C@H]2CCCN(Cc3ccc(F)c(F)c3)C2)no1. The van der Waals surface area contributed by atoms with E-state index in [1.807, 2.05) is 0 Å². The summed E-state index contributed by atoms with van der Waals surface area (Å²) in [6.07, 6.45) is 7.53. The molecule has 1 saturated heterocycles. The van der Waals surface area contributed by atoms with Crippen molar-refractivity contribution in [1.82, 2.24) is 15.4 Å². The second kappa shape index (κ2) is 9.03. The average Bonchev–Trinajstić information content (AvgIpc) is 3.22. The van der Waals surface area contributed by atoms with Crippen molar-refractivity contribution in [2.45, 2.75) is 63.5 Å². The van der Waals surface area contributed by atoms with Crippen LogP contribution in [0.4, 0.5) is 8.78 Å². The van der Waals surface area contributed by atoms with Gasteiger partial charge in [0.2, 0.25) is 5.76 Å². The Balaban J connectivity index is 1.35. The minimum absolute atomic E-state index is 0.161. The van der Waals surface area contributed by atoms with Gasteiger partial charge in [0.15, 0.2) is 11.6 Å². The van der Waals surface area contributed by atoms with Crippen molar-refractivity contribution in [3.05, 3.63) is 52.9 Å². The van der Waals surface area contributed by atoms with Crippen LogP contribution in [0, 0.1) is 11.6 Å². The number of hydrogen-bond donors (Lipinski definition) is 1. The Morgan fingerprint density at radius 1 is 1.10 bits per heavy atom. The van der Waals surface area contributed by atoms with E-state index in [-0.39, 0.29) is 23.6 Å². The molecule has 1 aliphatic carbocycles. The number of amides is 1. The van der Waals surface area contributed by atoms with Gasteiger partial charge in [0.1, 0.15) is 0 Å². The van der Waals surface area contributed by atoms with Gasteiger partial charge in [-0.2, -0.15) is 0 Å². The van der Waals surface area contributed by atoms with E-state index >= 15 is 0 Å². The second-order valence-corrected chi connectivity index (χ2v) is 8.25. The highest BCUT2D eigenvalue weighted by molar-refractivity contribution is 5.91. The second-order valence-electron chi connectivity index (χ2n) is 8.25. The molecule has 2 aliphatic rings. The molecule has 5 nitrogen and oxygen atoms in total. The molecule has 1 saturated carbocycles. The Morgan fingerprint density at radius 3 is 2.72 bits per heavy atom. The van der Waals surface area contributed by atoms with Gasteiger partial charge in [0.05, 0.1) is 5.69 Å². The first-order valence-corrected chi connectivity index (χ1v) is 10.5. The molecule has 1 amide bonds. The third-order valence-corrected chi connectivity index (χ3v) is 6.01. The minimum Gasteiger partial charge on any atom is -0.351 e. The van der Waals surface area contributed by atoms with E-state index in [9.17, 15) is 13.6 Å². The zero-order valence-corrected chi connectivity index (χ0v) is 16.5. The Kier molecular flexibility index (Phi) is 6.23. The highest BCUT2D eigenvalue weighted by atomic mass is 19.2. The predicted octanol–water partition coefficient (Wildman–Crippen LogP) is 4.39. The van der Waals surface area contributed by atoms with Crippen LogP contribution in [0.2, 0.25) is 0 Å². The van der Waals surface area contributed by atoms with E-state index in [1.54, 1.807) is 12.1 Å². The summed E-state index contributed by atoms with van der Waals surface area (Å²) in [7, 11) is 0. The predicted molar refractivity (Wildman–Crippen MR) is 104 cm³/mol. The van der Waals surface area contributed by atoms with Crippen LogP contribution in [0.1, 0.15) is 72.7 Å². The number of rotatable bonds is 5. The van der Waals surface area contributed by atoms with Gasteiger partial charge in [0, 0.05) is 31.1 Å². The van der Waals surface area contributed by atoms with Gasteiger partial charge in [-0.3, -0.25) is 9.69 Å². The molecule has 1 aromatic heterocycles. The van der Waals surface area contributed by atoms with Crippen molar-refractivity contribution in [2.75, 3.05) is 13.1 Å². The number of likely N-dealkylation sites (tertiary alicyclic amines) is 1. The maximum absolute atomic E-state index is 13.5. The molecule has 156 valence electrons. The fraction of sp³-hybridized carbons (Fsp3) is 0.545. The lowest BCUT2D eigenvalue weighted by atomic mass is 9.94. The molecule has 29 heavy (non-hydrogen) atoms. The summed E-state index contributed by atoms with van der Waals surface area (Å²) < 4.78 is 31.9. The lowest BCUT2D eigenvalue weighted by Gasteiger charge is -2.31. The molecule has 2 heterocycles. The third-order valence-electron chi connectivity index (χ3n) is 6.01. The minimum atomic E-state index is -0.827. The molecule has 1 aliphatic heterocycles. The summed E-state index contributed by atoms with van der Waals surface area (Å²) in [6, 6.07) is 6.02. The largest absolute Gasteiger partial charge is 0.351 e. The number of carbonyl (C=O) groups excluding carboxylic acids is 1. The topological polar surface area (TPSA) is 58.4 Å². The van der Waals surface area contributed by atoms with Gasteiger partial charge >= 0.3 is 0 Å². The molecule has 2 aromatic rings. The van der Waals surface area contributed by atoms with Crippen LogP contribution >= 0.6 is 0 Å². The van der Waals surface area contributed by atoms with Gasteiger partial charge in [-0.05, 0) is 49.9 Å². The Bertz CT molecular complexity index is 848. The molecule has 1 N–H and O–H groups in total. The first-order valence-electron chi connectivity index (χ1n) is 10.5. The molecule has 7 heteroatoms. The number of piperidine rings is 1. The van der Waals surface area contributed by atoms with Crippen LogP contribution < -0.4 is 5.32 Å². The highest BCUT2D eigenvalue weighted by Crippen LogP contribution is 2.28. The molecular weight excluding hydrogens is 376 g/mol. The van der Waals surface area contributed by atoms with Crippen LogP contribution in [-0.2, 0) is 6.54 Å². The fourth-order valence-corrected chi connectivity index (χ4v) is 4.43. The summed E-state index contributed by atoms with van der Waals surface area (Å²) >= 11 is 0. The van der Waals surface area contributed by atoms with Crippen LogP contribution in [0.3, 0.4) is 0 Å². The van der Waals surface area contributed by atoms with Crippen molar-refractivity contribution < 1.29 is 18.1 Å². The molecular formula is C22H27F2N3O2. The fourth-order valence-electron chi connectivity index (χ4n) is 4.43. The van der Waals surface area contributed by atoms with Crippen LogP contribution in [0.25, 0.3) is 0 Å². The maximum atomic E-state index is 13.5. The van der Waals surface area contributed by atoms with Crippen molar-refractivity contribution in [1.29, 1.82) is 0 Å². The molecule has 0 unspecified atom stereocenters. The summed E-state index contributed by atoms with van der Waals surface area (Å²) in [4.78, 5) is 14.7. The van der Waals surface area contributed by atoms with Gasteiger partial charge in [0.25, 0.3) is 5.91 Å². The summed E-state index contributed by atoms with van der Waals surface area (Å²) in [5.74, 6) is -1.41. The van der Waals surface area contributed by atoms with E-state index in [0.717, 1.165) is 62.9 Å². The van der Waals surface area contributed by atoms with E-state index in [1.165, 1.54) is 18.6 Å². The van der Waals surface area contributed by atoms with Crippen LogP contribution in [0.15, 0.2) is 28.8 Å². The van der Waals surface area contributed by atoms with Gasteiger partial charge in [-0.1, -0.05) is 30.5 Å². The van der Waals surface area contributed by atoms with Crippen LogP contribution in [-0.4, -0.2) is 35.1 Å². The number of carbonyl (C=O) groups is 1. The monoisotopic (exact) mass is 403 g/mol. The lowest BCUT2D eigenvalue weighted by Crippen LogP contribution is -2.36. The Hall–Kier alpha value is -2.28. The zero-order valence-electron chi connectivity index (χ0n) is 16.5. The third kappa shape index (κ3) is 5.01. The average molecular weight is 403 g/mol. The van der Waals surface area contributed by atoms with Gasteiger partial charge in [-0.15, -0.1) is 0 Å². The van der Waals surface area contributed by atoms with Crippen molar-refractivity contribution >= 4 is 5.91 Å². The number of nitrogens with one attached hydrogen (secondary N) is 1. The van der Waals surface area contributed by atoms with Crippen molar-refractivity contribution in [2.24, 2.45) is 0 Å². The standard InChI is InChI=1S/C22H27F2N3O2/c23-18-9-8-15(11-19(18)24)13-27-10-4-5-16(14-27)20-12-21(29-26-20)22(28)25-17-6-2-1-3-7-17/h8-9,11-12,16-17H,1-7,10,13-14H2,(H,25,28)/t16-/m0/s1. The summed E-state index contributed by atoms with van der Waals surface area (Å²) in [5, 5.41) is 7.20. The van der Waals surface area contributed by atoms with E-state index in [0.29, 0.717) is 6.54 Å². The van der Waals surface area contributed by atoms with Gasteiger partial charge < -0.3 is 9.84 Å². The molecule has 0 spiro atoms. The normalized spacial score (nSPS) is 21.2. The number of aromatic nitrogens is 1. The molecule has 1 atom stereocenters. The first kappa shape index (κ1) is 20.0. The quantitative estimate of drug-likeness (QED) is 0.804. The zero-order chi connectivity index (χ0) is 20.2. The van der Waals surface area contributed by atoms with E-state index < -0.39 is 11.6 Å². The summed E-state index contributed by atoms with van der Waals surface area (Å²) in [6.45, 7) is 2.19. The number of hydrogen-bond acceptors (Lipinski definition) is 4. The smallest absolute Gasteiger partial charge is 0.290 e. The van der Waals surface area contributed by atoms with E-state index in [2.05, 4.69) is 15.4 Å². The maximum Gasteiger partial charge on any atom is 0.290 e. The number of benzene rings is 1. The van der Waals surface area contributed by atoms with Crippen molar-refractivity contribution in [3.8, 4) is 0 Å². The molecule has 2 fully saturated rings. The molecule has 4 rings (SSSR count). The molecule has 0 bridgehead atoms. The number of nitrogens with zero attached hydrogens (tertiary/aromatic N) is 2. The van der Waals surface area contributed by atoms with Gasteiger partial charge in [-0.25, -0.2) is 8.78 Å². The molecule has 0 radical (unpaired) electrons. The highest BCUT2D eigenvalue weighted by Gasteiger charge is 2.26. The Morgan fingerprint density at radius 2 is 1.93 bits per heavy atom. The Labute approximate surface area is 169 Å². The van der Waals surface area contributed by atoms with Crippen LogP contribution in [0.5, 0.6) is 0 Å².